The molecule has 2 aliphatic rings. The molecule has 2 aromatic heterocycles. The van der Waals surface area contributed by atoms with E-state index in [1.54, 1.807) is 11.2 Å². The molecule has 0 radical (unpaired) electrons. The molecule has 1 atom stereocenters. The standard InChI is InChI=1S/C27H32N6O3S/c1-17(2)27(34)31-20-10-6-19(7-11-20)24-22(23-25(28)29-16-30-26(23)32(24)3)18-8-12-21(13-9-18)37(35,36)33-14-4-5-15-33/h6-8,10-11,16,21H,1,4-5,9,12-15H2,2-3H3,(H,31,34)(H2,28,29,30). The van der Waals surface area contributed by atoms with Crippen molar-refractivity contribution in [2.75, 3.05) is 24.1 Å². The van der Waals surface area contributed by atoms with E-state index in [4.69, 9.17) is 5.73 Å². The lowest BCUT2D eigenvalue weighted by atomic mass is 9.90. The van der Waals surface area contributed by atoms with Crippen LogP contribution in [-0.2, 0) is 21.9 Å². The van der Waals surface area contributed by atoms with Crippen molar-refractivity contribution >= 4 is 44.0 Å². The highest BCUT2D eigenvalue weighted by atomic mass is 32.2. The minimum atomic E-state index is -3.30. The van der Waals surface area contributed by atoms with Crippen LogP contribution >= 0.6 is 0 Å². The normalized spacial score (nSPS) is 18.6. The molecular formula is C27H32N6O3S. The van der Waals surface area contributed by atoms with Gasteiger partial charge in [0.05, 0.1) is 16.3 Å². The number of carbonyl (C=O) groups excluding carboxylic acids is 1. The molecule has 1 fully saturated rings. The van der Waals surface area contributed by atoms with Crippen LogP contribution in [0.5, 0.6) is 0 Å². The van der Waals surface area contributed by atoms with Gasteiger partial charge in [0.15, 0.2) is 0 Å². The van der Waals surface area contributed by atoms with Crippen molar-refractivity contribution in [3.63, 3.8) is 0 Å². The monoisotopic (exact) mass is 520 g/mol. The number of carbonyl (C=O) groups is 1. The van der Waals surface area contributed by atoms with Gasteiger partial charge in [-0.15, -0.1) is 0 Å². The predicted molar refractivity (Wildman–Crippen MR) is 147 cm³/mol. The molecule has 0 saturated carbocycles. The number of nitrogens with two attached hydrogens (primary N) is 1. The van der Waals surface area contributed by atoms with Gasteiger partial charge in [0.1, 0.15) is 17.8 Å². The molecule has 0 bridgehead atoms. The quantitative estimate of drug-likeness (QED) is 0.472. The fraction of sp³-hybridized carbons (Fsp3) is 0.370. The number of hydrogen-bond donors (Lipinski definition) is 2. The zero-order valence-corrected chi connectivity index (χ0v) is 22.0. The molecule has 1 amide bonds. The Morgan fingerprint density at radius 3 is 2.49 bits per heavy atom. The summed E-state index contributed by atoms with van der Waals surface area (Å²) in [5.41, 5.74) is 12.0. The van der Waals surface area contributed by atoms with E-state index in [1.165, 1.54) is 6.33 Å². The fourth-order valence-corrected chi connectivity index (χ4v) is 7.28. The molecule has 1 unspecified atom stereocenters. The number of sulfonamides is 1. The molecule has 3 aromatic rings. The Hall–Kier alpha value is -3.50. The Labute approximate surface area is 217 Å². The van der Waals surface area contributed by atoms with Crippen LogP contribution in [0.15, 0.2) is 48.8 Å². The van der Waals surface area contributed by atoms with Gasteiger partial charge in [0.2, 0.25) is 10.0 Å². The van der Waals surface area contributed by atoms with Gasteiger partial charge in [-0.1, -0.05) is 24.8 Å². The number of amides is 1. The van der Waals surface area contributed by atoms with E-state index < -0.39 is 15.3 Å². The SMILES string of the molecule is C=C(C)C(=O)Nc1ccc(-c2c(C3=CCC(S(=O)(=O)N4CCCC4)CC3)c3c(N)ncnc3n2C)cc1. The highest BCUT2D eigenvalue weighted by Crippen LogP contribution is 2.43. The van der Waals surface area contributed by atoms with E-state index in [0.717, 1.165) is 40.6 Å². The third-order valence-corrected chi connectivity index (χ3v) is 9.69. The van der Waals surface area contributed by atoms with E-state index in [0.29, 0.717) is 55.1 Å². The first-order valence-electron chi connectivity index (χ1n) is 12.5. The Kier molecular flexibility index (Phi) is 6.63. The van der Waals surface area contributed by atoms with Crippen LogP contribution in [0.4, 0.5) is 11.5 Å². The third kappa shape index (κ3) is 4.55. The first kappa shape index (κ1) is 25.2. The number of fused-ring (bicyclic) bond motifs is 1. The third-order valence-electron chi connectivity index (χ3n) is 7.33. The minimum absolute atomic E-state index is 0.230. The topological polar surface area (TPSA) is 123 Å². The summed E-state index contributed by atoms with van der Waals surface area (Å²) in [4.78, 5) is 20.8. The van der Waals surface area contributed by atoms with Crippen molar-refractivity contribution in [3.05, 3.63) is 54.4 Å². The number of aryl methyl sites for hydroxylation is 1. The Bertz CT molecular complexity index is 1520. The predicted octanol–water partition coefficient (Wildman–Crippen LogP) is 4.09. The van der Waals surface area contributed by atoms with Gasteiger partial charge in [-0.05, 0) is 62.3 Å². The summed E-state index contributed by atoms with van der Waals surface area (Å²) in [5, 5.41) is 3.20. The van der Waals surface area contributed by atoms with Crippen LogP contribution in [0.25, 0.3) is 27.9 Å². The maximum absolute atomic E-state index is 13.2. The van der Waals surface area contributed by atoms with Gasteiger partial charge in [0, 0.05) is 37.0 Å². The average molecular weight is 521 g/mol. The van der Waals surface area contributed by atoms with Gasteiger partial charge in [0.25, 0.3) is 5.91 Å². The zero-order valence-electron chi connectivity index (χ0n) is 21.2. The second-order valence-electron chi connectivity index (χ2n) is 9.83. The van der Waals surface area contributed by atoms with Gasteiger partial charge in [-0.2, -0.15) is 0 Å². The fourth-order valence-electron chi connectivity index (χ4n) is 5.34. The number of anilines is 2. The van der Waals surface area contributed by atoms with Gasteiger partial charge in [-0.3, -0.25) is 4.79 Å². The Morgan fingerprint density at radius 1 is 1.16 bits per heavy atom. The highest BCUT2D eigenvalue weighted by Gasteiger charge is 2.35. The summed E-state index contributed by atoms with van der Waals surface area (Å²) >= 11 is 0. The van der Waals surface area contributed by atoms with Crippen LogP contribution < -0.4 is 11.1 Å². The molecule has 1 aliphatic heterocycles. The van der Waals surface area contributed by atoms with Crippen LogP contribution in [-0.4, -0.2) is 51.5 Å². The van der Waals surface area contributed by atoms with E-state index >= 15 is 0 Å². The summed E-state index contributed by atoms with van der Waals surface area (Å²) in [6, 6.07) is 7.58. The molecule has 37 heavy (non-hydrogen) atoms. The maximum Gasteiger partial charge on any atom is 0.250 e. The van der Waals surface area contributed by atoms with Crippen LogP contribution in [0, 0.1) is 0 Å². The molecule has 194 valence electrons. The lowest BCUT2D eigenvalue weighted by Gasteiger charge is -2.27. The van der Waals surface area contributed by atoms with Crippen molar-refractivity contribution in [2.24, 2.45) is 7.05 Å². The van der Waals surface area contributed by atoms with E-state index in [2.05, 4.69) is 21.9 Å². The van der Waals surface area contributed by atoms with Gasteiger partial charge in [-0.25, -0.2) is 22.7 Å². The van der Waals surface area contributed by atoms with E-state index in [-0.39, 0.29) is 5.91 Å². The zero-order chi connectivity index (χ0) is 26.3. The number of nitrogens with zero attached hydrogens (tertiary/aromatic N) is 4. The minimum Gasteiger partial charge on any atom is -0.383 e. The number of nitrogen functional groups attached to an aromatic ring is 1. The van der Waals surface area contributed by atoms with Crippen LogP contribution in [0.3, 0.4) is 0 Å². The lowest BCUT2D eigenvalue weighted by molar-refractivity contribution is -0.112. The molecule has 1 aromatic carbocycles. The smallest absolute Gasteiger partial charge is 0.250 e. The highest BCUT2D eigenvalue weighted by molar-refractivity contribution is 7.89. The molecular weight excluding hydrogens is 488 g/mol. The molecule has 0 spiro atoms. The summed E-state index contributed by atoms with van der Waals surface area (Å²) in [6.45, 7) is 6.59. The lowest BCUT2D eigenvalue weighted by Crippen LogP contribution is -2.37. The molecule has 5 rings (SSSR count). The molecule has 10 heteroatoms. The Balaban J connectivity index is 1.55. The number of benzene rings is 1. The summed E-state index contributed by atoms with van der Waals surface area (Å²) in [7, 11) is -1.36. The van der Waals surface area contributed by atoms with Gasteiger partial charge < -0.3 is 15.6 Å². The summed E-state index contributed by atoms with van der Waals surface area (Å²) in [5.74, 6) is 0.159. The van der Waals surface area contributed by atoms with E-state index in [1.807, 2.05) is 42.0 Å². The number of hydrogen-bond acceptors (Lipinski definition) is 6. The first-order valence-corrected chi connectivity index (χ1v) is 14.0. The molecule has 3 heterocycles. The number of allylic oxidation sites excluding steroid dienone is 2. The molecule has 9 nitrogen and oxygen atoms in total. The Morgan fingerprint density at radius 2 is 1.86 bits per heavy atom. The molecule has 1 saturated heterocycles. The van der Waals surface area contributed by atoms with Crippen molar-refractivity contribution in [1.29, 1.82) is 0 Å². The van der Waals surface area contributed by atoms with Crippen LogP contribution in [0.1, 0.15) is 44.6 Å². The number of rotatable bonds is 6. The van der Waals surface area contributed by atoms with Crippen molar-refractivity contribution in [3.8, 4) is 11.3 Å². The average Bonchev–Trinajstić information content (AvgIpc) is 3.53. The van der Waals surface area contributed by atoms with Gasteiger partial charge >= 0.3 is 0 Å². The maximum atomic E-state index is 13.2. The second-order valence-corrected chi connectivity index (χ2v) is 12.0. The summed E-state index contributed by atoms with van der Waals surface area (Å²) < 4.78 is 30.0. The largest absolute Gasteiger partial charge is 0.383 e. The molecule has 3 N–H and O–H groups in total. The number of nitrogens with one attached hydrogen (secondary N) is 1. The van der Waals surface area contributed by atoms with Crippen molar-refractivity contribution in [2.45, 2.75) is 44.3 Å². The van der Waals surface area contributed by atoms with Crippen LogP contribution in [0.2, 0.25) is 0 Å². The summed E-state index contributed by atoms with van der Waals surface area (Å²) in [6.07, 6.45) is 7.00. The molecule has 1 aliphatic carbocycles. The van der Waals surface area contributed by atoms with Crippen molar-refractivity contribution < 1.29 is 13.2 Å². The van der Waals surface area contributed by atoms with Crippen molar-refractivity contribution in [1.82, 2.24) is 18.8 Å². The van der Waals surface area contributed by atoms with E-state index in [9.17, 15) is 13.2 Å². The second kappa shape index (κ2) is 9.75. The first-order chi connectivity index (χ1) is 17.7. The number of aromatic nitrogens is 3.